The number of hydrogen-bond donors (Lipinski definition) is 2. The first kappa shape index (κ1) is 23.6. The second kappa shape index (κ2) is 11.5. The van der Waals surface area contributed by atoms with Gasteiger partial charge in [-0.2, -0.15) is 0 Å². The molecule has 3 aromatic carbocycles. The van der Waals surface area contributed by atoms with Crippen molar-refractivity contribution in [2.24, 2.45) is 0 Å². The number of esters is 1. The van der Waals surface area contributed by atoms with E-state index in [0.29, 0.717) is 17.1 Å². The SMILES string of the molecule is COc1ccc(CC(OC(=O)/C=C/c2ccc(-c3ccccc3)cc2)C(=O)NO)cc1OC. The number of ether oxygens (including phenoxy) is 3. The van der Waals surface area contributed by atoms with Gasteiger partial charge in [0.15, 0.2) is 17.6 Å². The van der Waals surface area contributed by atoms with Crippen LogP contribution in [0.3, 0.4) is 0 Å². The summed E-state index contributed by atoms with van der Waals surface area (Å²) in [6.07, 6.45) is 1.65. The summed E-state index contributed by atoms with van der Waals surface area (Å²) in [6.45, 7) is 0. The lowest BCUT2D eigenvalue weighted by Crippen LogP contribution is -2.37. The highest BCUT2D eigenvalue weighted by atomic mass is 16.6. The third-order valence-electron chi connectivity index (χ3n) is 4.96. The molecule has 0 aliphatic rings. The second-order valence-electron chi connectivity index (χ2n) is 7.12. The molecule has 33 heavy (non-hydrogen) atoms. The molecule has 0 aliphatic carbocycles. The third-order valence-corrected chi connectivity index (χ3v) is 4.96. The molecule has 7 nitrogen and oxygen atoms in total. The van der Waals surface area contributed by atoms with Crippen molar-refractivity contribution in [2.45, 2.75) is 12.5 Å². The van der Waals surface area contributed by atoms with Gasteiger partial charge in [0.05, 0.1) is 14.2 Å². The highest BCUT2D eigenvalue weighted by Crippen LogP contribution is 2.28. The largest absolute Gasteiger partial charge is 0.493 e. The zero-order chi connectivity index (χ0) is 23.6. The van der Waals surface area contributed by atoms with Gasteiger partial charge >= 0.3 is 5.97 Å². The Hall–Kier alpha value is -4.10. The standard InChI is InChI=1S/C26H25NO6/c1-31-22-14-10-19(16-23(22)32-2)17-24(26(29)27-30)33-25(28)15-11-18-8-12-21(13-9-18)20-6-4-3-5-7-20/h3-16,24,30H,17H2,1-2H3,(H,27,29)/b15-11+. The van der Waals surface area contributed by atoms with Crippen molar-refractivity contribution in [3.8, 4) is 22.6 Å². The predicted molar refractivity (Wildman–Crippen MR) is 124 cm³/mol. The van der Waals surface area contributed by atoms with Crippen molar-refractivity contribution in [1.29, 1.82) is 0 Å². The Morgan fingerprint density at radius 3 is 2.21 bits per heavy atom. The van der Waals surface area contributed by atoms with Gasteiger partial charge in [0.25, 0.3) is 5.91 Å². The van der Waals surface area contributed by atoms with Crippen LogP contribution in [-0.4, -0.2) is 37.4 Å². The van der Waals surface area contributed by atoms with Gasteiger partial charge in [0.1, 0.15) is 0 Å². The summed E-state index contributed by atoms with van der Waals surface area (Å²) in [6, 6.07) is 22.7. The van der Waals surface area contributed by atoms with Gasteiger partial charge in [-0.15, -0.1) is 0 Å². The molecule has 0 aromatic heterocycles. The van der Waals surface area contributed by atoms with E-state index in [1.54, 1.807) is 29.8 Å². The van der Waals surface area contributed by atoms with E-state index in [4.69, 9.17) is 19.4 Å². The minimum Gasteiger partial charge on any atom is -0.493 e. The lowest BCUT2D eigenvalue weighted by atomic mass is 10.0. The van der Waals surface area contributed by atoms with Crippen LogP contribution in [0.2, 0.25) is 0 Å². The zero-order valence-corrected chi connectivity index (χ0v) is 18.4. The highest BCUT2D eigenvalue weighted by Gasteiger charge is 2.23. The number of carbonyl (C=O) groups is 2. The maximum absolute atomic E-state index is 12.3. The first-order chi connectivity index (χ1) is 16.0. The van der Waals surface area contributed by atoms with Gasteiger partial charge in [-0.3, -0.25) is 10.0 Å². The van der Waals surface area contributed by atoms with E-state index in [2.05, 4.69) is 0 Å². The van der Waals surface area contributed by atoms with Crippen LogP contribution in [-0.2, 0) is 20.7 Å². The van der Waals surface area contributed by atoms with E-state index in [1.165, 1.54) is 20.3 Å². The molecule has 1 unspecified atom stereocenters. The molecular formula is C26H25NO6. The van der Waals surface area contributed by atoms with Crippen LogP contribution in [0.1, 0.15) is 11.1 Å². The van der Waals surface area contributed by atoms with Crippen LogP contribution >= 0.6 is 0 Å². The first-order valence-corrected chi connectivity index (χ1v) is 10.2. The van der Waals surface area contributed by atoms with Crippen molar-refractivity contribution in [1.82, 2.24) is 5.48 Å². The van der Waals surface area contributed by atoms with E-state index >= 15 is 0 Å². The fraction of sp³-hybridized carbons (Fsp3) is 0.154. The van der Waals surface area contributed by atoms with Crippen molar-refractivity contribution in [3.05, 3.63) is 90.0 Å². The minimum atomic E-state index is -1.23. The summed E-state index contributed by atoms with van der Waals surface area (Å²) in [5.41, 5.74) is 5.16. The van der Waals surface area contributed by atoms with E-state index in [-0.39, 0.29) is 6.42 Å². The van der Waals surface area contributed by atoms with Crippen molar-refractivity contribution in [2.75, 3.05) is 14.2 Å². The maximum Gasteiger partial charge on any atom is 0.331 e. The fourth-order valence-electron chi connectivity index (χ4n) is 3.24. The average Bonchev–Trinajstić information content (AvgIpc) is 2.87. The average molecular weight is 447 g/mol. The summed E-state index contributed by atoms with van der Waals surface area (Å²) in [5.74, 6) is -0.541. The van der Waals surface area contributed by atoms with Gasteiger partial charge < -0.3 is 14.2 Å². The minimum absolute atomic E-state index is 0.0398. The number of amides is 1. The predicted octanol–water partition coefficient (Wildman–Crippen LogP) is 4.04. The summed E-state index contributed by atoms with van der Waals surface area (Å²) < 4.78 is 15.7. The van der Waals surface area contributed by atoms with Crippen LogP contribution in [0.25, 0.3) is 17.2 Å². The van der Waals surface area contributed by atoms with Crippen LogP contribution < -0.4 is 15.0 Å². The Morgan fingerprint density at radius 1 is 0.909 bits per heavy atom. The van der Waals surface area contributed by atoms with E-state index in [9.17, 15) is 9.59 Å². The molecule has 7 heteroatoms. The zero-order valence-electron chi connectivity index (χ0n) is 18.4. The van der Waals surface area contributed by atoms with Crippen molar-refractivity contribution in [3.63, 3.8) is 0 Å². The molecular weight excluding hydrogens is 422 g/mol. The summed E-state index contributed by atoms with van der Waals surface area (Å²) in [5, 5.41) is 9.05. The Balaban J connectivity index is 1.66. The molecule has 0 heterocycles. The summed E-state index contributed by atoms with van der Waals surface area (Å²) in [4.78, 5) is 24.4. The smallest absolute Gasteiger partial charge is 0.331 e. The van der Waals surface area contributed by atoms with Gasteiger partial charge in [0.2, 0.25) is 0 Å². The number of benzene rings is 3. The Bertz CT molecular complexity index is 1110. The van der Waals surface area contributed by atoms with Gasteiger partial charge in [-0.05, 0) is 40.5 Å². The molecule has 0 aliphatic heterocycles. The molecule has 1 atom stereocenters. The summed E-state index contributed by atoms with van der Waals surface area (Å²) in [7, 11) is 3.01. The fourth-order valence-corrected chi connectivity index (χ4v) is 3.24. The summed E-state index contributed by atoms with van der Waals surface area (Å²) >= 11 is 0. The maximum atomic E-state index is 12.3. The van der Waals surface area contributed by atoms with Crippen LogP contribution in [0.15, 0.2) is 78.9 Å². The van der Waals surface area contributed by atoms with Crippen LogP contribution in [0, 0.1) is 0 Å². The molecule has 0 fully saturated rings. The lowest BCUT2D eigenvalue weighted by molar-refractivity contribution is -0.155. The Labute approximate surface area is 192 Å². The molecule has 1 amide bonds. The Morgan fingerprint density at radius 2 is 1.58 bits per heavy atom. The lowest BCUT2D eigenvalue weighted by Gasteiger charge is -2.16. The number of hydrogen-bond acceptors (Lipinski definition) is 6. The normalized spacial score (nSPS) is 11.6. The van der Waals surface area contributed by atoms with Gasteiger partial charge in [0, 0.05) is 12.5 Å². The number of hydroxylamine groups is 1. The molecule has 0 radical (unpaired) electrons. The van der Waals surface area contributed by atoms with Crippen LogP contribution in [0.4, 0.5) is 0 Å². The van der Waals surface area contributed by atoms with E-state index in [0.717, 1.165) is 16.7 Å². The van der Waals surface area contributed by atoms with Crippen molar-refractivity contribution < 1.29 is 29.0 Å². The highest BCUT2D eigenvalue weighted by molar-refractivity contribution is 5.90. The quantitative estimate of drug-likeness (QED) is 0.223. The first-order valence-electron chi connectivity index (χ1n) is 10.2. The van der Waals surface area contributed by atoms with Crippen molar-refractivity contribution >= 4 is 18.0 Å². The van der Waals surface area contributed by atoms with Gasteiger partial charge in [-0.1, -0.05) is 60.7 Å². The topological polar surface area (TPSA) is 94.1 Å². The number of rotatable bonds is 9. The number of nitrogens with one attached hydrogen (secondary N) is 1. The molecule has 170 valence electrons. The molecule has 0 saturated carbocycles. The molecule has 0 spiro atoms. The molecule has 2 N–H and O–H groups in total. The van der Waals surface area contributed by atoms with E-state index < -0.39 is 18.0 Å². The molecule has 0 saturated heterocycles. The molecule has 3 rings (SSSR count). The monoisotopic (exact) mass is 447 g/mol. The second-order valence-corrected chi connectivity index (χ2v) is 7.12. The third kappa shape index (κ3) is 6.44. The van der Waals surface area contributed by atoms with Gasteiger partial charge in [-0.25, -0.2) is 10.3 Å². The number of carbonyl (C=O) groups excluding carboxylic acids is 2. The van der Waals surface area contributed by atoms with E-state index in [1.807, 2.05) is 54.6 Å². The number of methoxy groups -OCH3 is 2. The molecule has 0 bridgehead atoms. The molecule has 3 aromatic rings. The van der Waals surface area contributed by atoms with Crippen LogP contribution in [0.5, 0.6) is 11.5 Å². The Kier molecular flexibility index (Phi) is 8.21.